The van der Waals surface area contributed by atoms with E-state index in [-0.39, 0.29) is 0 Å². The van der Waals surface area contributed by atoms with E-state index in [9.17, 15) is 0 Å². The molecule has 0 aromatic heterocycles. The molecule has 5 atom stereocenters. The molecule has 1 aliphatic heterocycles. The van der Waals surface area contributed by atoms with Gasteiger partial charge in [-0.25, -0.2) is 0 Å². The summed E-state index contributed by atoms with van der Waals surface area (Å²) < 4.78 is 0. The highest BCUT2D eigenvalue weighted by Gasteiger charge is 2.57. The highest BCUT2D eigenvalue weighted by atomic mass is 32.2. The summed E-state index contributed by atoms with van der Waals surface area (Å²) in [4.78, 5) is 1.83. The molecule has 0 N–H and O–H groups in total. The van der Waals surface area contributed by atoms with Gasteiger partial charge in [0, 0.05) is 5.25 Å². The van der Waals surface area contributed by atoms with Gasteiger partial charge in [-0.3, -0.25) is 0 Å². The molecule has 18 heavy (non-hydrogen) atoms. The number of rotatable bonds is 0. The summed E-state index contributed by atoms with van der Waals surface area (Å²) in [5, 5.41) is 0.989. The summed E-state index contributed by atoms with van der Waals surface area (Å²) in [5.41, 5.74) is 2.39. The Morgan fingerprint density at radius 2 is 1.89 bits per heavy atom. The predicted octanol–water partition coefficient (Wildman–Crippen LogP) is 5.25. The first-order valence-electron chi connectivity index (χ1n) is 7.96. The van der Waals surface area contributed by atoms with E-state index in [1.807, 2.05) is 10.5 Å². The molecular weight excluding hydrogens is 236 g/mol. The number of thioether (sulfide) groups is 1. The zero-order valence-corrected chi connectivity index (χ0v) is 12.9. The topological polar surface area (TPSA) is 0 Å². The molecule has 3 aliphatic carbocycles. The van der Waals surface area contributed by atoms with Crippen molar-refractivity contribution in [2.75, 3.05) is 0 Å². The van der Waals surface area contributed by atoms with Crippen molar-refractivity contribution in [3.05, 3.63) is 10.5 Å². The van der Waals surface area contributed by atoms with Gasteiger partial charge in [0.1, 0.15) is 0 Å². The molecule has 0 radical (unpaired) electrons. The summed E-state index contributed by atoms with van der Waals surface area (Å²) in [6.07, 6.45) is 8.86. The molecule has 0 spiro atoms. The molecule has 0 saturated heterocycles. The minimum Gasteiger partial charge on any atom is -0.127 e. The van der Waals surface area contributed by atoms with E-state index >= 15 is 0 Å². The van der Waals surface area contributed by atoms with Gasteiger partial charge in [-0.15, -0.1) is 11.8 Å². The van der Waals surface area contributed by atoms with Gasteiger partial charge in [-0.2, -0.15) is 0 Å². The Balaban J connectivity index is 1.75. The number of allylic oxidation sites excluding steroid dienone is 2. The fraction of sp³-hybridized carbons (Fsp3) is 0.882. The van der Waals surface area contributed by atoms with Crippen LogP contribution in [0.25, 0.3) is 0 Å². The predicted molar refractivity (Wildman–Crippen MR) is 79.5 cm³/mol. The zero-order chi connectivity index (χ0) is 12.5. The van der Waals surface area contributed by atoms with Crippen LogP contribution < -0.4 is 0 Å². The van der Waals surface area contributed by atoms with Crippen LogP contribution in [0.4, 0.5) is 0 Å². The van der Waals surface area contributed by atoms with Crippen molar-refractivity contribution in [2.45, 2.75) is 64.5 Å². The number of hydrogen-bond acceptors (Lipinski definition) is 1. The van der Waals surface area contributed by atoms with Crippen LogP contribution in [0.1, 0.15) is 59.3 Å². The molecule has 1 heterocycles. The number of fused-ring (bicyclic) bond motifs is 5. The average Bonchev–Trinajstić information content (AvgIpc) is 2.88. The van der Waals surface area contributed by atoms with Gasteiger partial charge in [0.25, 0.3) is 0 Å². The maximum Gasteiger partial charge on any atom is 0.0159 e. The summed E-state index contributed by atoms with van der Waals surface area (Å²) in [6, 6.07) is 0. The fourth-order valence-corrected chi connectivity index (χ4v) is 8.01. The lowest BCUT2D eigenvalue weighted by molar-refractivity contribution is 0.170. The van der Waals surface area contributed by atoms with Crippen molar-refractivity contribution in [3.63, 3.8) is 0 Å². The summed E-state index contributed by atoms with van der Waals surface area (Å²) in [6.45, 7) is 7.61. The highest BCUT2D eigenvalue weighted by molar-refractivity contribution is 8.03. The second kappa shape index (κ2) is 3.81. The van der Waals surface area contributed by atoms with Crippen LogP contribution in [-0.4, -0.2) is 5.25 Å². The minimum atomic E-state index is 0.519. The van der Waals surface area contributed by atoms with Crippen molar-refractivity contribution in [1.82, 2.24) is 0 Å². The van der Waals surface area contributed by atoms with E-state index in [0.717, 1.165) is 28.9 Å². The molecule has 0 amide bonds. The van der Waals surface area contributed by atoms with Crippen LogP contribution in [-0.2, 0) is 0 Å². The van der Waals surface area contributed by atoms with E-state index in [2.05, 4.69) is 32.5 Å². The van der Waals surface area contributed by atoms with Crippen molar-refractivity contribution in [2.24, 2.45) is 29.1 Å². The Kier molecular flexibility index (Phi) is 2.51. The van der Waals surface area contributed by atoms with Gasteiger partial charge in [0.2, 0.25) is 0 Å². The molecule has 0 aromatic carbocycles. The second-order valence-corrected chi connectivity index (χ2v) is 9.19. The third kappa shape index (κ3) is 1.46. The summed E-state index contributed by atoms with van der Waals surface area (Å²) in [7, 11) is 0. The van der Waals surface area contributed by atoms with E-state index in [0.29, 0.717) is 5.41 Å². The summed E-state index contributed by atoms with van der Waals surface area (Å²) >= 11 is 2.33. The van der Waals surface area contributed by atoms with Crippen LogP contribution in [0.3, 0.4) is 0 Å². The van der Waals surface area contributed by atoms with Crippen LogP contribution in [0.15, 0.2) is 10.5 Å². The lowest BCUT2D eigenvalue weighted by Gasteiger charge is -2.50. The molecule has 2 fully saturated rings. The first-order valence-corrected chi connectivity index (χ1v) is 8.84. The van der Waals surface area contributed by atoms with E-state index in [1.54, 1.807) is 6.42 Å². The molecule has 1 heteroatoms. The largest absolute Gasteiger partial charge is 0.127 e. The second-order valence-electron chi connectivity index (χ2n) is 7.91. The molecule has 2 bridgehead atoms. The SMILES string of the molecule is C[C@@H]1CCC2=C(C1)S[C@@H]1[C@H]3CC[C@H](C3)[C@@H]1C2(C)C. The maximum atomic E-state index is 2.58. The van der Waals surface area contributed by atoms with Gasteiger partial charge >= 0.3 is 0 Å². The molecule has 2 saturated carbocycles. The molecule has 0 unspecified atom stereocenters. The maximum absolute atomic E-state index is 2.58. The smallest absolute Gasteiger partial charge is 0.0159 e. The average molecular weight is 262 g/mol. The van der Waals surface area contributed by atoms with Gasteiger partial charge in [-0.1, -0.05) is 26.3 Å². The van der Waals surface area contributed by atoms with E-state index < -0.39 is 0 Å². The van der Waals surface area contributed by atoms with Crippen molar-refractivity contribution < 1.29 is 0 Å². The van der Waals surface area contributed by atoms with Crippen molar-refractivity contribution >= 4 is 11.8 Å². The molecule has 0 nitrogen and oxygen atoms in total. The van der Waals surface area contributed by atoms with Gasteiger partial charge in [-0.05, 0) is 72.5 Å². The Morgan fingerprint density at radius 3 is 2.72 bits per heavy atom. The van der Waals surface area contributed by atoms with Crippen LogP contribution in [0.5, 0.6) is 0 Å². The minimum absolute atomic E-state index is 0.519. The van der Waals surface area contributed by atoms with Crippen LogP contribution in [0, 0.1) is 29.1 Å². The molecule has 4 rings (SSSR count). The summed E-state index contributed by atoms with van der Waals surface area (Å²) in [5.74, 6) is 4.07. The Bertz CT molecular complexity index is 406. The van der Waals surface area contributed by atoms with Gasteiger partial charge < -0.3 is 0 Å². The lowest BCUT2D eigenvalue weighted by atomic mass is 9.63. The van der Waals surface area contributed by atoms with E-state index in [1.165, 1.54) is 32.1 Å². The first kappa shape index (κ1) is 11.9. The monoisotopic (exact) mass is 262 g/mol. The molecule has 4 aliphatic rings. The Labute approximate surface area is 116 Å². The fourth-order valence-electron chi connectivity index (χ4n) is 5.65. The molecular formula is C17H26S. The lowest BCUT2D eigenvalue weighted by Crippen LogP contribution is -2.42. The molecule has 0 aromatic rings. The normalized spacial score (nSPS) is 49.2. The highest BCUT2D eigenvalue weighted by Crippen LogP contribution is 2.66. The standard InChI is InChI=1S/C17H26S/c1-10-4-7-13-14(8-10)18-16-12-6-5-11(9-12)15(16)17(13,2)3/h10-12,15-16H,4-9H2,1-3H3/t10-,11-,12+,15+,16-/m1/s1. The third-order valence-electron chi connectivity index (χ3n) is 6.49. The van der Waals surface area contributed by atoms with Crippen LogP contribution >= 0.6 is 11.8 Å². The van der Waals surface area contributed by atoms with E-state index in [4.69, 9.17) is 0 Å². The van der Waals surface area contributed by atoms with Crippen molar-refractivity contribution in [3.8, 4) is 0 Å². The Hall–Kier alpha value is 0.0900. The van der Waals surface area contributed by atoms with Gasteiger partial charge in [0.05, 0.1) is 0 Å². The first-order chi connectivity index (χ1) is 8.57. The third-order valence-corrected chi connectivity index (χ3v) is 8.14. The van der Waals surface area contributed by atoms with Crippen molar-refractivity contribution in [1.29, 1.82) is 0 Å². The quantitative estimate of drug-likeness (QED) is 0.574. The Morgan fingerprint density at radius 1 is 1.11 bits per heavy atom. The van der Waals surface area contributed by atoms with Gasteiger partial charge in [0.15, 0.2) is 0 Å². The zero-order valence-electron chi connectivity index (χ0n) is 12.0. The molecule has 100 valence electrons. The number of hydrogen-bond donors (Lipinski definition) is 0. The van der Waals surface area contributed by atoms with Crippen LogP contribution in [0.2, 0.25) is 0 Å².